The van der Waals surface area contributed by atoms with E-state index in [-0.39, 0.29) is 49.6 Å². The minimum Gasteiger partial charge on any atom is -0.486 e. The molecule has 2 N–H and O–H groups in total. The second kappa shape index (κ2) is 10.9. The third-order valence-corrected chi connectivity index (χ3v) is 5.15. The van der Waals surface area contributed by atoms with Crippen molar-refractivity contribution in [1.82, 2.24) is 4.90 Å². The third kappa shape index (κ3) is 7.23. The summed E-state index contributed by atoms with van der Waals surface area (Å²) in [5, 5.41) is 8.64. The first-order chi connectivity index (χ1) is 16.6. The molecule has 2 aromatic carbocycles. The molecule has 1 fully saturated rings. The van der Waals surface area contributed by atoms with Gasteiger partial charge in [-0.15, -0.1) is 13.2 Å². The lowest BCUT2D eigenvalue weighted by Crippen LogP contribution is -2.49. The summed E-state index contributed by atoms with van der Waals surface area (Å²) < 4.78 is 66.4. The van der Waals surface area contributed by atoms with Gasteiger partial charge in [-0.05, 0) is 29.8 Å². The zero-order chi connectivity index (χ0) is 25.6. The van der Waals surface area contributed by atoms with Crippen LogP contribution in [0.3, 0.4) is 0 Å². The Kier molecular flexibility index (Phi) is 8.01. The van der Waals surface area contributed by atoms with Crippen LogP contribution in [0.2, 0.25) is 0 Å². The largest absolute Gasteiger partial charge is 0.573 e. The predicted molar refractivity (Wildman–Crippen MR) is 113 cm³/mol. The van der Waals surface area contributed by atoms with E-state index in [0.717, 1.165) is 12.1 Å². The maximum Gasteiger partial charge on any atom is 0.573 e. The maximum absolute atomic E-state index is 14.9. The highest BCUT2D eigenvalue weighted by atomic mass is 19.4. The summed E-state index contributed by atoms with van der Waals surface area (Å²) in [5.74, 6) is -1.36. The molecule has 0 aliphatic carbocycles. The van der Waals surface area contributed by atoms with Crippen molar-refractivity contribution in [2.24, 2.45) is 5.73 Å². The molecular weight excluding hydrogens is 474 g/mol. The van der Waals surface area contributed by atoms with Crippen LogP contribution in [-0.2, 0) is 11.2 Å². The number of rotatable bonds is 8. The molecule has 0 spiro atoms. The fourth-order valence-electron chi connectivity index (χ4n) is 3.51. The number of carbonyl (C=O) groups is 2. The number of ether oxygens (including phenoxy) is 3. The van der Waals surface area contributed by atoms with Gasteiger partial charge in [-0.25, -0.2) is 4.39 Å². The summed E-state index contributed by atoms with van der Waals surface area (Å²) in [5.41, 5.74) is 5.81. The van der Waals surface area contributed by atoms with Gasteiger partial charge in [0.2, 0.25) is 5.91 Å². The highest BCUT2D eigenvalue weighted by Gasteiger charge is 2.34. The second-order valence-electron chi connectivity index (χ2n) is 7.64. The molecular formula is C23H21F4N3O5. The zero-order valence-corrected chi connectivity index (χ0v) is 18.3. The van der Waals surface area contributed by atoms with Crippen LogP contribution in [0, 0.1) is 11.3 Å². The highest BCUT2D eigenvalue weighted by Crippen LogP contribution is 2.29. The van der Waals surface area contributed by atoms with Crippen LogP contribution < -0.4 is 19.9 Å². The number of nitrogens with two attached hydrogens (primary N) is 1. The summed E-state index contributed by atoms with van der Waals surface area (Å²) in [7, 11) is 0. The Morgan fingerprint density at radius 1 is 1.14 bits per heavy atom. The summed E-state index contributed by atoms with van der Waals surface area (Å²) >= 11 is 0. The number of primary amides is 1. The van der Waals surface area contributed by atoms with Crippen LogP contribution in [0.4, 0.5) is 17.6 Å². The third-order valence-electron chi connectivity index (χ3n) is 5.15. The van der Waals surface area contributed by atoms with Gasteiger partial charge >= 0.3 is 6.36 Å². The van der Waals surface area contributed by atoms with Gasteiger partial charge in [-0.2, -0.15) is 5.26 Å². The molecule has 12 heteroatoms. The average molecular weight is 495 g/mol. The average Bonchev–Trinajstić information content (AvgIpc) is 2.79. The van der Waals surface area contributed by atoms with Crippen LogP contribution in [0.5, 0.6) is 17.2 Å². The normalized spacial score (nSPS) is 17.9. The van der Waals surface area contributed by atoms with Gasteiger partial charge in [0, 0.05) is 19.0 Å². The Labute approximate surface area is 197 Å². The van der Waals surface area contributed by atoms with E-state index in [0.29, 0.717) is 5.56 Å². The number of nitriles is 1. The van der Waals surface area contributed by atoms with E-state index in [9.17, 15) is 27.2 Å². The molecule has 1 aliphatic heterocycles. The molecule has 0 saturated carbocycles. The molecule has 186 valence electrons. The van der Waals surface area contributed by atoms with Crippen LogP contribution in [0.25, 0.3) is 0 Å². The maximum atomic E-state index is 14.9. The molecule has 3 rings (SSSR count). The van der Waals surface area contributed by atoms with Crippen molar-refractivity contribution in [3.8, 4) is 23.3 Å². The highest BCUT2D eigenvalue weighted by molar-refractivity contribution is 5.95. The number of alkyl halides is 4. The van der Waals surface area contributed by atoms with Gasteiger partial charge in [0.25, 0.3) is 5.91 Å². The molecule has 0 aromatic heterocycles. The van der Waals surface area contributed by atoms with Gasteiger partial charge in [-0.1, -0.05) is 12.1 Å². The number of carbonyl (C=O) groups excluding carboxylic acids is 2. The van der Waals surface area contributed by atoms with Crippen molar-refractivity contribution in [3.05, 3.63) is 53.6 Å². The van der Waals surface area contributed by atoms with Crippen molar-refractivity contribution < 1.29 is 41.4 Å². The first-order valence-corrected chi connectivity index (χ1v) is 10.4. The molecule has 2 aromatic rings. The van der Waals surface area contributed by atoms with E-state index in [1.165, 1.54) is 35.2 Å². The van der Waals surface area contributed by atoms with E-state index >= 15 is 0 Å². The minimum atomic E-state index is -4.82. The van der Waals surface area contributed by atoms with Gasteiger partial charge in [0.15, 0.2) is 12.8 Å². The number of likely N-dealkylation sites (tertiary alicyclic amines) is 1. The van der Waals surface area contributed by atoms with Gasteiger partial charge in [-0.3, -0.25) is 9.59 Å². The van der Waals surface area contributed by atoms with Crippen molar-refractivity contribution in [2.75, 3.05) is 19.7 Å². The van der Waals surface area contributed by atoms with Gasteiger partial charge in [0.05, 0.1) is 18.5 Å². The number of nitrogens with zero attached hydrogens (tertiary/aromatic N) is 2. The Morgan fingerprint density at radius 2 is 1.83 bits per heavy atom. The number of benzene rings is 2. The van der Waals surface area contributed by atoms with Crippen LogP contribution in [0.15, 0.2) is 42.5 Å². The van der Waals surface area contributed by atoms with E-state index in [1.807, 2.05) is 0 Å². The van der Waals surface area contributed by atoms with E-state index in [4.69, 9.17) is 20.5 Å². The quantitative estimate of drug-likeness (QED) is 0.563. The number of hydrogen-bond donors (Lipinski definition) is 1. The Balaban J connectivity index is 1.60. The van der Waals surface area contributed by atoms with Crippen LogP contribution in [0.1, 0.15) is 22.3 Å². The number of piperidine rings is 1. The number of halogens is 4. The summed E-state index contributed by atoms with van der Waals surface area (Å²) in [6.45, 7) is -0.343. The molecule has 8 nitrogen and oxygen atoms in total. The standard InChI is InChI=1S/C23H21F4N3O5/c24-18-13-30(21(31)11-14-1-3-15(4-2-14)35-23(25,26)27)9-7-19(18)34-20-12-16(33-10-8-28)5-6-17(20)22(29)32/h1-6,12,18-19H,7,9-11,13H2,(H2,29,32)/t18-,19-/m1/s1. The van der Waals surface area contributed by atoms with Crippen molar-refractivity contribution in [2.45, 2.75) is 31.5 Å². The fourth-order valence-corrected chi connectivity index (χ4v) is 3.51. The Morgan fingerprint density at radius 3 is 2.43 bits per heavy atom. The SMILES string of the molecule is N#CCOc1ccc(C(N)=O)c(O[C@@H]2CCN(C(=O)Cc3ccc(OC(F)(F)F)cc3)C[C@H]2F)c1. The summed E-state index contributed by atoms with van der Waals surface area (Å²) in [4.78, 5) is 25.6. The summed E-state index contributed by atoms with van der Waals surface area (Å²) in [6, 6.07) is 10.8. The first-order valence-electron chi connectivity index (χ1n) is 10.4. The van der Waals surface area contributed by atoms with Crippen LogP contribution in [-0.4, -0.2) is 55.0 Å². The van der Waals surface area contributed by atoms with Crippen molar-refractivity contribution in [1.29, 1.82) is 5.26 Å². The zero-order valence-electron chi connectivity index (χ0n) is 18.3. The summed E-state index contributed by atoms with van der Waals surface area (Å²) in [6.07, 6.45) is -7.38. The molecule has 2 amide bonds. The van der Waals surface area contributed by atoms with Gasteiger partial charge in [0.1, 0.15) is 29.4 Å². The van der Waals surface area contributed by atoms with Crippen molar-refractivity contribution >= 4 is 11.8 Å². The molecule has 1 heterocycles. The Hall–Kier alpha value is -4.01. The van der Waals surface area contributed by atoms with Crippen molar-refractivity contribution in [3.63, 3.8) is 0 Å². The van der Waals surface area contributed by atoms with E-state index in [1.54, 1.807) is 6.07 Å². The molecule has 0 radical (unpaired) electrons. The number of amides is 2. The topological polar surface area (TPSA) is 115 Å². The molecule has 1 saturated heterocycles. The minimum absolute atomic E-state index is 0.00142. The van der Waals surface area contributed by atoms with E-state index < -0.39 is 36.2 Å². The van der Waals surface area contributed by atoms with Crippen LogP contribution >= 0.6 is 0 Å². The smallest absolute Gasteiger partial charge is 0.486 e. The molecule has 0 unspecified atom stereocenters. The lowest BCUT2D eigenvalue weighted by atomic mass is 10.0. The number of hydrogen-bond acceptors (Lipinski definition) is 6. The molecule has 0 bridgehead atoms. The molecule has 1 aliphatic rings. The lowest BCUT2D eigenvalue weighted by molar-refractivity contribution is -0.274. The molecule has 35 heavy (non-hydrogen) atoms. The second-order valence-corrected chi connectivity index (χ2v) is 7.64. The fraction of sp³-hybridized carbons (Fsp3) is 0.348. The van der Waals surface area contributed by atoms with E-state index in [2.05, 4.69) is 4.74 Å². The lowest BCUT2D eigenvalue weighted by Gasteiger charge is -2.35. The predicted octanol–water partition coefficient (Wildman–Crippen LogP) is 3.15. The van der Waals surface area contributed by atoms with Gasteiger partial charge < -0.3 is 24.8 Å². The molecule has 2 atom stereocenters. The first kappa shape index (κ1) is 25.6. The Bertz CT molecular complexity index is 1100. The monoisotopic (exact) mass is 495 g/mol.